The van der Waals surface area contributed by atoms with E-state index in [1.807, 2.05) is 116 Å². The number of aliphatic imine (C=N–C) groups is 1. The molecule has 5 nitrogen and oxygen atoms in total. The van der Waals surface area contributed by atoms with Crippen molar-refractivity contribution in [3.8, 4) is 11.5 Å². The van der Waals surface area contributed by atoms with Crippen molar-refractivity contribution in [3.05, 3.63) is 130 Å². The summed E-state index contributed by atoms with van der Waals surface area (Å²) in [5.74, 6) is 1.18. The number of hydrogen-bond acceptors (Lipinski definition) is 5. The van der Waals surface area contributed by atoms with E-state index in [1.54, 1.807) is 12.0 Å². The fourth-order valence-electron chi connectivity index (χ4n) is 4.01. The van der Waals surface area contributed by atoms with Gasteiger partial charge in [-0.1, -0.05) is 84.4 Å². The maximum absolute atomic E-state index is 13.5. The lowest BCUT2D eigenvalue weighted by Crippen LogP contribution is -2.28. The molecular formula is C32H28N2O3S. The molecule has 1 aliphatic heterocycles. The summed E-state index contributed by atoms with van der Waals surface area (Å²) >= 11 is 1.38. The van der Waals surface area contributed by atoms with Gasteiger partial charge in [0, 0.05) is 0 Å². The van der Waals surface area contributed by atoms with Gasteiger partial charge >= 0.3 is 0 Å². The molecule has 4 aromatic carbocycles. The molecule has 1 aliphatic rings. The third-order valence-corrected chi connectivity index (χ3v) is 7.06. The van der Waals surface area contributed by atoms with Crippen molar-refractivity contribution in [1.82, 2.24) is 4.90 Å². The molecule has 1 amide bonds. The number of thioether (sulfide) groups is 1. The van der Waals surface area contributed by atoms with E-state index in [2.05, 4.69) is 0 Å². The molecule has 0 saturated carbocycles. The van der Waals surface area contributed by atoms with Crippen LogP contribution >= 0.6 is 11.8 Å². The first-order chi connectivity index (χ1) is 18.6. The normalized spacial score (nSPS) is 15.3. The maximum atomic E-state index is 13.5. The number of carbonyl (C=O) groups is 1. The Morgan fingerprint density at radius 2 is 1.53 bits per heavy atom. The fraction of sp³-hybridized carbons (Fsp3) is 0.125. The number of amides is 1. The molecule has 38 heavy (non-hydrogen) atoms. The zero-order valence-corrected chi connectivity index (χ0v) is 22.2. The highest BCUT2D eigenvalue weighted by Crippen LogP contribution is 2.37. The van der Waals surface area contributed by atoms with E-state index in [-0.39, 0.29) is 5.91 Å². The number of amidine groups is 1. The summed E-state index contributed by atoms with van der Waals surface area (Å²) in [5.41, 5.74) is 4.94. The standard InChI is InChI=1S/C32H28N2O3S/c1-23-13-16-27(17-14-23)33-32-34(21-24-9-5-3-6-10-24)31(35)30(38-32)20-26-15-18-28(29(19-26)36-2)37-22-25-11-7-4-8-12-25/h3-20H,21-22H2,1-2H3/b30-20+,33-32?. The zero-order chi connectivity index (χ0) is 26.3. The minimum absolute atomic E-state index is 0.0758. The van der Waals surface area contributed by atoms with Crippen LogP contribution in [-0.4, -0.2) is 23.1 Å². The van der Waals surface area contributed by atoms with E-state index >= 15 is 0 Å². The first kappa shape index (κ1) is 25.4. The number of methoxy groups -OCH3 is 1. The average molecular weight is 521 g/mol. The van der Waals surface area contributed by atoms with Crippen molar-refractivity contribution < 1.29 is 14.3 Å². The van der Waals surface area contributed by atoms with E-state index in [0.717, 1.165) is 27.9 Å². The number of ether oxygens (including phenoxy) is 2. The first-order valence-corrected chi connectivity index (χ1v) is 13.2. The average Bonchev–Trinajstić information content (AvgIpc) is 3.23. The molecule has 0 atom stereocenters. The second-order valence-electron chi connectivity index (χ2n) is 8.90. The van der Waals surface area contributed by atoms with Gasteiger partial charge in [-0.05, 0) is 65.7 Å². The van der Waals surface area contributed by atoms with Crippen LogP contribution in [0.2, 0.25) is 0 Å². The summed E-state index contributed by atoms with van der Waals surface area (Å²) in [6, 6.07) is 33.6. The van der Waals surface area contributed by atoms with Gasteiger partial charge in [-0.2, -0.15) is 0 Å². The second kappa shape index (κ2) is 11.8. The Morgan fingerprint density at radius 1 is 0.842 bits per heavy atom. The molecule has 4 aromatic rings. The van der Waals surface area contributed by atoms with Crippen molar-refractivity contribution in [2.24, 2.45) is 4.99 Å². The molecular weight excluding hydrogens is 492 g/mol. The number of nitrogens with zero attached hydrogens (tertiary/aromatic N) is 2. The Balaban J connectivity index is 1.41. The summed E-state index contributed by atoms with van der Waals surface area (Å²) in [6.07, 6.45) is 1.88. The van der Waals surface area contributed by atoms with Gasteiger partial charge in [-0.25, -0.2) is 4.99 Å². The van der Waals surface area contributed by atoms with Crippen molar-refractivity contribution >= 4 is 34.6 Å². The molecule has 1 heterocycles. The molecule has 0 bridgehead atoms. The van der Waals surface area contributed by atoms with Crippen LogP contribution in [0.1, 0.15) is 22.3 Å². The highest BCUT2D eigenvalue weighted by molar-refractivity contribution is 8.18. The van der Waals surface area contributed by atoms with Gasteiger partial charge in [-0.15, -0.1) is 0 Å². The minimum Gasteiger partial charge on any atom is -0.493 e. The molecule has 0 unspecified atom stereocenters. The zero-order valence-electron chi connectivity index (χ0n) is 21.3. The van der Waals surface area contributed by atoms with Crippen LogP contribution in [0.4, 0.5) is 5.69 Å². The number of benzene rings is 4. The molecule has 0 spiro atoms. The Labute approximate surface area is 227 Å². The first-order valence-electron chi connectivity index (χ1n) is 12.3. The van der Waals surface area contributed by atoms with E-state index in [1.165, 1.54) is 11.8 Å². The topological polar surface area (TPSA) is 51.1 Å². The lowest BCUT2D eigenvalue weighted by atomic mass is 10.1. The predicted octanol–water partition coefficient (Wildman–Crippen LogP) is 7.39. The van der Waals surface area contributed by atoms with Crippen molar-refractivity contribution in [1.29, 1.82) is 0 Å². The van der Waals surface area contributed by atoms with Crippen LogP contribution in [0, 0.1) is 6.92 Å². The number of carbonyl (C=O) groups excluding carboxylic acids is 1. The smallest absolute Gasteiger partial charge is 0.267 e. The van der Waals surface area contributed by atoms with Crippen molar-refractivity contribution in [2.75, 3.05) is 7.11 Å². The molecule has 0 N–H and O–H groups in total. The van der Waals surface area contributed by atoms with Crippen LogP contribution < -0.4 is 9.47 Å². The van der Waals surface area contributed by atoms with Gasteiger partial charge in [0.25, 0.3) is 5.91 Å². The summed E-state index contributed by atoms with van der Waals surface area (Å²) in [5, 5.41) is 0.656. The number of aryl methyl sites for hydroxylation is 1. The summed E-state index contributed by atoms with van der Waals surface area (Å²) in [6.45, 7) is 2.93. The van der Waals surface area contributed by atoms with Gasteiger partial charge < -0.3 is 9.47 Å². The van der Waals surface area contributed by atoms with Crippen LogP contribution in [-0.2, 0) is 17.9 Å². The quantitative estimate of drug-likeness (QED) is 0.227. The summed E-state index contributed by atoms with van der Waals surface area (Å²) in [4.78, 5) is 20.7. The van der Waals surface area contributed by atoms with E-state index in [0.29, 0.717) is 34.7 Å². The van der Waals surface area contributed by atoms with Gasteiger partial charge in [0.1, 0.15) is 6.61 Å². The van der Waals surface area contributed by atoms with Gasteiger partial charge in [0.2, 0.25) is 0 Å². The second-order valence-corrected chi connectivity index (χ2v) is 9.91. The fourth-order valence-corrected chi connectivity index (χ4v) is 5.00. The third-order valence-electron chi connectivity index (χ3n) is 6.05. The summed E-state index contributed by atoms with van der Waals surface area (Å²) < 4.78 is 11.6. The van der Waals surface area contributed by atoms with Crippen molar-refractivity contribution in [3.63, 3.8) is 0 Å². The maximum Gasteiger partial charge on any atom is 0.267 e. The van der Waals surface area contributed by atoms with Gasteiger partial charge in [0.05, 0.1) is 24.2 Å². The number of hydrogen-bond donors (Lipinski definition) is 0. The Kier molecular flexibility index (Phi) is 7.90. The van der Waals surface area contributed by atoms with Crippen molar-refractivity contribution in [2.45, 2.75) is 20.1 Å². The molecule has 1 saturated heterocycles. The lowest BCUT2D eigenvalue weighted by Gasteiger charge is -2.15. The molecule has 6 heteroatoms. The van der Waals surface area contributed by atoms with E-state index in [4.69, 9.17) is 14.5 Å². The van der Waals surface area contributed by atoms with Crippen LogP contribution in [0.3, 0.4) is 0 Å². The third kappa shape index (κ3) is 6.15. The van der Waals surface area contributed by atoms with Gasteiger partial charge in [-0.3, -0.25) is 9.69 Å². The van der Waals surface area contributed by atoms with E-state index in [9.17, 15) is 4.79 Å². The molecule has 5 rings (SSSR count). The summed E-state index contributed by atoms with van der Waals surface area (Å²) in [7, 11) is 1.62. The molecule has 0 aromatic heterocycles. The molecule has 1 fully saturated rings. The molecule has 0 radical (unpaired) electrons. The van der Waals surface area contributed by atoms with Crippen LogP contribution in [0.25, 0.3) is 6.08 Å². The number of rotatable bonds is 8. The molecule has 190 valence electrons. The van der Waals surface area contributed by atoms with Crippen LogP contribution in [0.15, 0.2) is 113 Å². The van der Waals surface area contributed by atoms with E-state index < -0.39 is 0 Å². The molecule has 0 aliphatic carbocycles. The Hall–Kier alpha value is -4.29. The minimum atomic E-state index is -0.0758. The monoisotopic (exact) mass is 520 g/mol. The van der Waals surface area contributed by atoms with Gasteiger partial charge in [0.15, 0.2) is 16.7 Å². The highest BCUT2D eigenvalue weighted by Gasteiger charge is 2.33. The Bertz CT molecular complexity index is 1470. The predicted molar refractivity (Wildman–Crippen MR) is 155 cm³/mol. The highest BCUT2D eigenvalue weighted by atomic mass is 32.2. The lowest BCUT2D eigenvalue weighted by molar-refractivity contribution is -0.122. The Morgan fingerprint density at radius 3 is 2.21 bits per heavy atom. The SMILES string of the molecule is COc1cc(/C=C2/SC(=Nc3ccc(C)cc3)N(Cc3ccccc3)C2=O)ccc1OCc1ccccc1. The largest absolute Gasteiger partial charge is 0.493 e. The van der Waals surface area contributed by atoms with Crippen LogP contribution in [0.5, 0.6) is 11.5 Å².